The highest BCUT2D eigenvalue weighted by Gasteiger charge is 2.22. The van der Waals surface area contributed by atoms with Gasteiger partial charge in [0.05, 0.1) is 31.6 Å². The zero-order valence-electron chi connectivity index (χ0n) is 18.8. The monoisotopic (exact) mass is 489 g/mol. The van der Waals surface area contributed by atoms with Crippen LogP contribution >= 0.6 is 15.9 Å². The van der Waals surface area contributed by atoms with Crippen LogP contribution in [0.1, 0.15) is 53.2 Å². The van der Waals surface area contributed by atoms with Gasteiger partial charge in [0.25, 0.3) is 5.91 Å². The zero-order valence-corrected chi connectivity index (χ0v) is 20.4. The number of carbonyl (C=O) groups excluding carboxylic acids is 2. The smallest absolute Gasteiger partial charge is 0.251 e. The van der Waals surface area contributed by atoms with Crippen molar-refractivity contribution >= 4 is 27.6 Å². The van der Waals surface area contributed by atoms with Crippen LogP contribution in [0, 0.1) is 0 Å². The molecule has 168 valence electrons. The van der Waals surface area contributed by atoms with Gasteiger partial charge in [0.2, 0.25) is 0 Å². The molecule has 1 amide bonds. The van der Waals surface area contributed by atoms with E-state index >= 15 is 0 Å². The van der Waals surface area contributed by atoms with Crippen molar-refractivity contribution in [2.45, 2.75) is 26.9 Å². The Hall–Kier alpha value is -2.02. The highest BCUT2D eigenvalue weighted by molar-refractivity contribution is 9.09. The van der Waals surface area contributed by atoms with Crippen LogP contribution in [0.25, 0.3) is 0 Å². The molecular formula is C25H34BrN2O3+. The second kappa shape index (κ2) is 12.7. The lowest BCUT2D eigenvalue weighted by Gasteiger charge is -2.36. The minimum Gasteiger partial charge on any atom is -0.366 e. The maximum absolute atomic E-state index is 12.6. The second-order valence-corrected chi connectivity index (χ2v) is 8.19. The highest BCUT2D eigenvalue weighted by Crippen LogP contribution is 2.18. The second-order valence-electron chi connectivity index (χ2n) is 7.63. The lowest BCUT2D eigenvalue weighted by molar-refractivity contribution is -0.923. The summed E-state index contributed by atoms with van der Waals surface area (Å²) in [5.41, 5.74) is 2.16. The number of hydrogen-bond donors (Lipinski definition) is 1. The number of rotatable bonds is 13. The van der Waals surface area contributed by atoms with E-state index < -0.39 is 0 Å². The van der Waals surface area contributed by atoms with E-state index in [4.69, 9.17) is 4.74 Å². The maximum atomic E-state index is 12.6. The largest absolute Gasteiger partial charge is 0.366 e. The van der Waals surface area contributed by atoms with Gasteiger partial charge in [-0.15, -0.1) is 0 Å². The van der Waals surface area contributed by atoms with Crippen LogP contribution in [0.5, 0.6) is 0 Å². The Balaban J connectivity index is 2.01. The summed E-state index contributed by atoms with van der Waals surface area (Å²) < 4.78 is 7.28. The summed E-state index contributed by atoms with van der Waals surface area (Å²) in [6, 6.07) is 16.7. The summed E-state index contributed by atoms with van der Waals surface area (Å²) in [7, 11) is 0. The molecule has 31 heavy (non-hydrogen) atoms. The number of alkyl halides is 1. The van der Waals surface area contributed by atoms with Gasteiger partial charge in [-0.3, -0.25) is 9.59 Å². The van der Waals surface area contributed by atoms with Crippen molar-refractivity contribution in [3.8, 4) is 0 Å². The third-order valence-corrected chi connectivity index (χ3v) is 6.62. The van der Waals surface area contributed by atoms with Crippen molar-refractivity contribution in [3.05, 3.63) is 71.3 Å². The summed E-state index contributed by atoms with van der Waals surface area (Å²) in [5.74, 6) is -0.187. The molecule has 6 heteroatoms. The van der Waals surface area contributed by atoms with Crippen molar-refractivity contribution in [2.24, 2.45) is 0 Å². The molecule has 0 aliphatic heterocycles. The number of benzene rings is 2. The molecule has 1 atom stereocenters. The lowest BCUT2D eigenvalue weighted by atomic mass is 10.1. The van der Waals surface area contributed by atoms with Crippen molar-refractivity contribution in [2.75, 3.05) is 44.7 Å². The standard InChI is InChI=1S/C25H33BrN2O3/c1-4-28(5-2,6-3)16-17-31-24(21-10-8-7-9-11-21)19-27-25(30)22-14-12-20(13-15-22)23(29)18-26/h7-15,24H,4-6,16-19H2,1-3H3/p+1. The number of carbonyl (C=O) groups is 2. The molecule has 2 rings (SSSR count). The van der Waals surface area contributed by atoms with Gasteiger partial charge in [-0.05, 0) is 38.5 Å². The normalized spacial score (nSPS) is 12.4. The molecule has 0 bridgehead atoms. The van der Waals surface area contributed by atoms with Gasteiger partial charge < -0.3 is 14.5 Å². The Morgan fingerprint density at radius 3 is 2.06 bits per heavy atom. The van der Waals surface area contributed by atoms with Crippen LogP contribution in [-0.2, 0) is 4.74 Å². The number of ether oxygens (including phenoxy) is 1. The number of hydrogen-bond acceptors (Lipinski definition) is 3. The Labute approximate surface area is 194 Å². The van der Waals surface area contributed by atoms with Crippen LogP contribution in [0.2, 0.25) is 0 Å². The number of likely N-dealkylation sites (N-methyl/N-ethyl adjacent to an activating group) is 1. The highest BCUT2D eigenvalue weighted by atomic mass is 79.9. The molecular weight excluding hydrogens is 456 g/mol. The molecule has 1 N–H and O–H groups in total. The first-order valence-corrected chi connectivity index (χ1v) is 12.1. The van der Waals surface area contributed by atoms with Crippen molar-refractivity contribution in [1.29, 1.82) is 0 Å². The Kier molecular flexibility index (Phi) is 10.4. The third kappa shape index (κ3) is 7.27. The molecule has 0 aliphatic carbocycles. The van der Waals surface area contributed by atoms with Crippen molar-refractivity contribution in [1.82, 2.24) is 5.32 Å². The average molecular weight is 490 g/mol. The van der Waals surface area contributed by atoms with Crippen LogP contribution in [0.4, 0.5) is 0 Å². The number of ketones is 1. The maximum Gasteiger partial charge on any atom is 0.251 e. The van der Waals surface area contributed by atoms with Crippen molar-refractivity contribution < 1.29 is 18.8 Å². The van der Waals surface area contributed by atoms with Gasteiger partial charge in [-0.2, -0.15) is 0 Å². The molecule has 1 unspecified atom stereocenters. The molecule has 0 aromatic heterocycles. The fourth-order valence-corrected chi connectivity index (χ4v) is 3.97. The minimum absolute atomic E-state index is 0.00906. The minimum atomic E-state index is -0.216. The topological polar surface area (TPSA) is 55.4 Å². The molecule has 0 radical (unpaired) electrons. The predicted molar refractivity (Wildman–Crippen MR) is 129 cm³/mol. The first kappa shape index (κ1) is 25.2. The average Bonchev–Trinajstić information content (AvgIpc) is 2.84. The van der Waals surface area contributed by atoms with Crippen LogP contribution in [0.3, 0.4) is 0 Å². The lowest BCUT2D eigenvalue weighted by Crippen LogP contribution is -2.49. The van der Waals surface area contributed by atoms with E-state index in [9.17, 15) is 9.59 Å². The fraction of sp³-hybridized carbons (Fsp3) is 0.440. The quantitative estimate of drug-likeness (QED) is 0.253. The van der Waals surface area contributed by atoms with E-state index in [1.54, 1.807) is 24.3 Å². The number of quaternary nitrogens is 1. The molecule has 0 heterocycles. The van der Waals surface area contributed by atoms with Crippen molar-refractivity contribution in [3.63, 3.8) is 0 Å². The summed E-state index contributed by atoms with van der Waals surface area (Å²) >= 11 is 3.16. The van der Waals surface area contributed by atoms with E-state index in [0.717, 1.165) is 36.2 Å². The van der Waals surface area contributed by atoms with E-state index in [0.29, 0.717) is 24.3 Å². The van der Waals surface area contributed by atoms with Gasteiger partial charge in [-0.25, -0.2) is 0 Å². The Morgan fingerprint density at radius 2 is 1.52 bits per heavy atom. The van der Waals surface area contributed by atoms with Crippen LogP contribution in [0.15, 0.2) is 54.6 Å². The van der Waals surface area contributed by atoms with Gasteiger partial charge in [0.15, 0.2) is 5.78 Å². The van der Waals surface area contributed by atoms with Gasteiger partial charge in [0.1, 0.15) is 12.6 Å². The fourth-order valence-electron chi connectivity index (χ4n) is 3.65. The summed E-state index contributed by atoms with van der Waals surface area (Å²) in [5, 5.41) is 3.25. The molecule has 0 spiro atoms. The zero-order chi connectivity index (χ0) is 22.7. The van der Waals surface area contributed by atoms with Gasteiger partial charge >= 0.3 is 0 Å². The molecule has 0 fully saturated rings. The molecule has 0 saturated heterocycles. The predicted octanol–water partition coefficient (Wildman–Crippen LogP) is 4.63. The summed E-state index contributed by atoms with van der Waals surface area (Å²) in [4.78, 5) is 24.4. The molecule has 5 nitrogen and oxygen atoms in total. The molecule has 2 aromatic carbocycles. The number of halogens is 1. The molecule has 2 aromatic rings. The number of amides is 1. The third-order valence-electron chi connectivity index (χ3n) is 6.11. The number of Topliss-reactive ketones (excluding diaryl/α,β-unsaturated/α-hetero) is 1. The Morgan fingerprint density at radius 1 is 0.935 bits per heavy atom. The first-order valence-electron chi connectivity index (χ1n) is 11.0. The van der Waals surface area contributed by atoms with Gasteiger partial charge in [-0.1, -0.05) is 58.4 Å². The Bertz CT molecular complexity index is 812. The number of nitrogens with zero attached hydrogens (tertiary/aromatic N) is 1. The first-order chi connectivity index (χ1) is 15.0. The van der Waals surface area contributed by atoms with Gasteiger partial charge in [0, 0.05) is 17.7 Å². The number of nitrogens with one attached hydrogen (secondary N) is 1. The van der Waals surface area contributed by atoms with Crippen LogP contribution in [-0.4, -0.2) is 60.8 Å². The summed E-state index contributed by atoms with van der Waals surface area (Å²) in [6.45, 7) is 11.9. The van der Waals surface area contributed by atoms with E-state index in [1.165, 1.54) is 0 Å². The SMILES string of the molecule is CC[N+](CC)(CC)CCOC(CNC(=O)c1ccc(C(=O)CBr)cc1)c1ccccc1. The molecule has 0 aliphatic rings. The van der Waals surface area contributed by atoms with Crippen LogP contribution < -0.4 is 5.32 Å². The summed E-state index contributed by atoms with van der Waals surface area (Å²) in [6.07, 6.45) is -0.216. The van der Waals surface area contributed by atoms with E-state index in [1.807, 2.05) is 30.3 Å². The van der Waals surface area contributed by atoms with E-state index in [-0.39, 0.29) is 23.1 Å². The molecule has 0 saturated carbocycles. The van der Waals surface area contributed by atoms with E-state index in [2.05, 4.69) is 42.0 Å².